The Labute approximate surface area is 127 Å². The molecule has 1 aliphatic carbocycles. The summed E-state index contributed by atoms with van der Waals surface area (Å²) in [6, 6.07) is -3.21. The Kier molecular flexibility index (Phi) is 4.63. The van der Waals surface area contributed by atoms with Crippen LogP contribution in [-0.4, -0.2) is 47.7 Å². The summed E-state index contributed by atoms with van der Waals surface area (Å²) in [5, 5.41) is 1.65. The Bertz CT molecular complexity index is 526. The van der Waals surface area contributed by atoms with E-state index in [4.69, 9.17) is 0 Å². The first-order valence-electron chi connectivity index (χ1n) is 6.94. The van der Waals surface area contributed by atoms with E-state index in [0.29, 0.717) is 17.7 Å². The van der Waals surface area contributed by atoms with E-state index < -0.39 is 49.2 Å². The Balaban J connectivity index is 2.12. The molecule has 2 atom stereocenters. The van der Waals surface area contributed by atoms with E-state index in [2.05, 4.69) is 0 Å². The lowest BCUT2D eigenvalue weighted by atomic mass is 9.92. The fourth-order valence-corrected chi connectivity index (χ4v) is 2.59. The molecule has 0 spiro atoms. The number of piperidine rings is 1. The maximum absolute atomic E-state index is 13.0. The topological polar surface area (TPSA) is 49.4 Å². The number of hydrogen-bond donors (Lipinski definition) is 1. The highest BCUT2D eigenvalue weighted by Crippen LogP contribution is 2.34. The number of allylic oxidation sites excluding steroid dienone is 1. The molecule has 23 heavy (non-hydrogen) atoms. The van der Waals surface area contributed by atoms with E-state index in [-0.39, 0.29) is 12.0 Å². The van der Waals surface area contributed by atoms with Crippen LogP contribution in [0.15, 0.2) is 11.6 Å². The quantitative estimate of drug-likeness (QED) is 0.782. The Morgan fingerprint density at radius 2 is 1.74 bits per heavy atom. The zero-order valence-corrected chi connectivity index (χ0v) is 11.8. The van der Waals surface area contributed by atoms with Crippen molar-refractivity contribution < 1.29 is 35.9 Å². The Morgan fingerprint density at radius 3 is 2.17 bits per heavy atom. The third kappa shape index (κ3) is 3.97. The van der Waals surface area contributed by atoms with Crippen molar-refractivity contribution in [2.45, 2.75) is 50.1 Å². The van der Waals surface area contributed by atoms with Crippen molar-refractivity contribution in [3.8, 4) is 0 Å². The van der Waals surface area contributed by atoms with E-state index >= 15 is 0 Å². The summed E-state index contributed by atoms with van der Waals surface area (Å²) < 4.78 is 75.8. The van der Waals surface area contributed by atoms with Crippen LogP contribution in [0, 0.1) is 0 Å². The summed E-state index contributed by atoms with van der Waals surface area (Å²) in [5.74, 6) is -3.05. The van der Waals surface area contributed by atoms with Gasteiger partial charge in [-0.1, -0.05) is 6.08 Å². The highest BCUT2D eigenvalue weighted by atomic mass is 19.4. The number of halogens is 6. The standard InChI is InChI=1S/C13H14F6N2O2/c14-12(15,16)9-5-4-8(20-11(23)13(17,18)19)6-21(9)10(22)7-2-1-3-7/h2,8-9H,1,3-6H2,(H,20,23)/t8-,9+/m1/s1. The summed E-state index contributed by atoms with van der Waals surface area (Å²) >= 11 is 0. The first-order valence-corrected chi connectivity index (χ1v) is 6.94. The number of likely N-dealkylation sites (tertiary alicyclic amines) is 1. The SMILES string of the molecule is O=C(C1=CCC1)N1C[C@H](NC(=O)C(F)(F)F)CC[C@H]1C(F)(F)F. The average Bonchev–Trinajstić information content (AvgIpc) is 2.34. The molecular formula is C13H14F6N2O2. The molecule has 0 saturated carbocycles. The molecule has 1 saturated heterocycles. The molecule has 0 aromatic rings. The highest BCUT2D eigenvalue weighted by molar-refractivity contribution is 5.95. The largest absolute Gasteiger partial charge is 0.471 e. The molecule has 1 fully saturated rings. The fraction of sp³-hybridized carbons (Fsp3) is 0.692. The molecule has 1 heterocycles. The highest BCUT2D eigenvalue weighted by Gasteiger charge is 2.49. The molecule has 1 aliphatic heterocycles. The first-order chi connectivity index (χ1) is 10.5. The Hall–Kier alpha value is -1.74. The molecule has 2 aliphatic rings. The fourth-order valence-electron chi connectivity index (χ4n) is 2.59. The summed E-state index contributed by atoms with van der Waals surface area (Å²) in [5.41, 5.74) is 0.224. The third-order valence-electron chi connectivity index (χ3n) is 3.89. The zero-order chi connectivity index (χ0) is 17.4. The van der Waals surface area contributed by atoms with Crippen LogP contribution in [0.4, 0.5) is 26.3 Å². The lowest BCUT2D eigenvalue weighted by Gasteiger charge is -2.41. The van der Waals surface area contributed by atoms with Crippen LogP contribution in [-0.2, 0) is 9.59 Å². The van der Waals surface area contributed by atoms with E-state index in [1.54, 1.807) is 5.32 Å². The number of amides is 2. The molecule has 0 bridgehead atoms. The smallest absolute Gasteiger partial charge is 0.344 e. The van der Waals surface area contributed by atoms with Crippen LogP contribution < -0.4 is 5.32 Å². The van der Waals surface area contributed by atoms with Crippen molar-refractivity contribution >= 4 is 11.8 Å². The number of carbonyl (C=O) groups excluding carboxylic acids is 2. The van der Waals surface area contributed by atoms with Gasteiger partial charge in [0, 0.05) is 18.2 Å². The summed E-state index contributed by atoms with van der Waals surface area (Å²) in [7, 11) is 0. The lowest BCUT2D eigenvalue weighted by molar-refractivity contribution is -0.197. The molecule has 2 rings (SSSR count). The average molecular weight is 344 g/mol. The molecule has 130 valence electrons. The summed E-state index contributed by atoms with van der Waals surface area (Å²) in [4.78, 5) is 23.5. The molecule has 0 aromatic carbocycles. The van der Waals surface area contributed by atoms with Gasteiger partial charge in [-0.15, -0.1) is 0 Å². The van der Waals surface area contributed by atoms with Gasteiger partial charge in [0.2, 0.25) is 5.91 Å². The molecule has 2 amide bonds. The number of rotatable bonds is 2. The van der Waals surface area contributed by atoms with E-state index in [1.165, 1.54) is 6.08 Å². The lowest BCUT2D eigenvalue weighted by Crippen LogP contribution is -2.59. The second kappa shape index (κ2) is 6.04. The van der Waals surface area contributed by atoms with Crippen molar-refractivity contribution in [2.24, 2.45) is 0 Å². The van der Waals surface area contributed by atoms with Crippen LogP contribution in [0.5, 0.6) is 0 Å². The first kappa shape index (κ1) is 17.6. The number of nitrogens with zero attached hydrogens (tertiary/aromatic N) is 1. The van der Waals surface area contributed by atoms with Crippen LogP contribution in [0.3, 0.4) is 0 Å². The molecule has 0 unspecified atom stereocenters. The molecule has 0 aromatic heterocycles. The number of nitrogens with one attached hydrogen (secondary N) is 1. The third-order valence-corrected chi connectivity index (χ3v) is 3.89. The van der Waals surface area contributed by atoms with Crippen molar-refractivity contribution in [1.29, 1.82) is 0 Å². The molecular weight excluding hydrogens is 330 g/mol. The van der Waals surface area contributed by atoms with Crippen molar-refractivity contribution in [2.75, 3.05) is 6.54 Å². The van der Waals surface area contributed by atoms with E-state index in [9.17, 15) is 35.9 Å². The second-order valence-corrected chi connectivity index (χ2v) is 5.53. The van der Waals surface area contributed by atoms with Gasteiger partial charge in [0.15, 0.2) is 0 Å². The predicted molar refractivity (Wildman–Crippen MR) is 66.1 cm³/mol. The minimum Gasteiger partial charge on any atom is -0.344 e. The minimum atomic E-state index is -5.12. The molecule has 10 heteroatoms. The van der Waals surface area contributed by atoms with Gasteiger partial charge in [-0.05, 0) is 25.7 Å². The van der Waals surface area contributed by atoms with Gasteiger partial charge in [0.05, 0.1) is 0 Å². The van der Waals surface area contributed by atoms with Gasteiger partial charge in [-0.3, -0.25) is 9.59 Å². The van der Waals surface area contributed by atoms with Crippen LogP contribution in [0.2, 0.25) is 0 Å². The molecule has 0 radical (unpaired) electrons. The van der Waals surface area contributed by atoms with Gasteiger partial charge in [0.1, 0.15) is 6.04 Å². The van der Waals surface area contributed by atoms with Crippen molar-refractivity contribution in [3.63, 3.8) is 0 Å². The monoisotopic (exact) mass is 344 g/mol. The maximum atomic E-state index is 13.0. The number of hydrogen-bond acceptors (Lipinski definition) is 2. The van der Waals surface area contributed by atoms with Gasteiger partial charge in [-0.2, -0.15) is 26.3 Å². The summed E-state index contributed by atoms with van der Waals surface area (Å²) in [6.45, 7) is -0.595. The van der Waals surface area contributed by atoms with Crippen molar-refractivity contribution in [3.05, 3.63) is 11.6 Å². The van der Waals surface area contributed by atoms with Crippen LogP contribution in [0.25, 0.3) is 0 Å². The van der Waals surface area contributed by atoms with E-state index in [0.717, 1.165) is 0 Å². The molecule has 1 N–H and O–H groups in total. The number of alkyl halides is 6. The normalized spacial score (nSPS) is 25.5. The minimum absolute atomic E-state index is 0.224. The number of carbonyl (C=O) groups is 2. The second-order valence-electron chi connectivity index (χ2n) is 5.53. The van der Waals surface area contributed by atoms with Gasteiger partial charge in [0.25, 0.3) is 0 Å². The van der Waals surface area contributed by atoms with Gasteiger partial charge in [-0.25, -0.2) is 0 Å². The molecule has 4 nitrogen and oxygen atoms in total. The van der Waals surface area contributed by atoms with E-state index in [1.807, 2.05) is 0 Å². The maximum Gasteiger partial charge on any atom is 0.471 e. The van der Waals surface area contributed by atoms with Crippen LogP contribution in [0.1, 0.15) is 25.7 Å². The summed E-state index contributed by atoms with van der Waals surface area (Å²) in [6.07, 6.45) is -8.20. The predicted octanol–water partition coefficient (Wildman–Crippen LogP) is 2.31. The van der Waals surface area contributed by atoms with Crippen LogP contribution >= 0.6 is 0 Å². The van der Waals surface area contributed by atoms with Gasteiger partial charge < -0.3 is 10.2 Å². The zero-order valence-electron chi connectivity index (χ0n) is 11.8. The Morgan fingerprint density at radius 1 is 1.13 bits per heavy atom. The van der Waals surface area contributed by atoms with Gasteiger partial charge >= 0.3 is 18.3 Å². The van der Waals surface area contributed by atoms with Crippen molar-refractivity contribution in [1.82, 2.24) is 10.2 Å².